The molecule has 0 aromatic heterocycles. The molecule has 0 bridgehead atoms. The zero-order chi connectivity index (χ0) is 39.4. The fourth-order valence-electron chi connectivity index (χ4n) is 7.74. The highest BCUT2D eigenvalue weighted by molar-refractivity contribution is 7.02. The van der Waals surface area contributed by atoms with Crippen molar-refractivity contribution in [3.63, 3.8) is 0 Å². The van der Waals surface area contributed by atoms with Crippen LogP contribution in [0.3, 0.4) is 0 Å². The van der Waals surface area contributed by atoms with E-state index < -0.39 is 16.1 Å². The van der Waals surface area contributed by atoms with Gasteiger partial charge in [-0.1, -0.05) is 213 Å². The molecule has 0 unspecified atom stereocenters. The van der Waals surface area contributed by atoms with E-state index in [-0.39, 0.29) is 0 Å². The second-order valence-corrected chi connectivity index (χ2v) is 24.5. The predicted molar refractivity (Wildman–Crippen MR) is 248 cm³/mol. The molecule has 0 radical (unpaired) electrons. The maximum Gasteiger partial charge on any atom is 0.138 e. The van der Waals surface area contributed by atoms with Crippen LogP contribution in [-0.2, 0) is 0 Å². The third kappa shape index (κ3) is 7.51. The molecular formula is C54H41ClSi2. The molecule has 3 heteroatoms. The molecule has 0 spiro atoms. The average Bonchev–Trinajstić information content (AvgIpc) is 3.60. The minimum absolute atomic E-state index is 0.945. The Morgan fingerprint density at radius 2 is 0.561 bits per heavy atom. The Labute approximate surface area is 345 Å². The molecule has 0 aliphatic carbocycles. The van der Waals surface area contributed by atoms with Crippen LogP contribution in [0.2, 0.25) is 26.2 Å². The lowest BCUT2D eigenvalue weighted by Crippen LogP contribution is -2.29. The van der Waals surface area contributed by atoms with E-state index in [2.05, 4.69) is 213 Å². The summed E-state index contributed by atoms with van der Waals surface area (Å²) in [5.74, 6) is 21.7. The highest BCUT2D eigenvalue weighted by atomic mass is 35.5. The van der Waals surface area contributed by atoms with Gasteiger partial charge in [-0.2, -0.15) is 0 Å². The largest absolute Gasteiger partial charge is 0.138 e. The smallest absolute Gasteiger partial charge is 0.0931 e. The minimum Gasteiger partial charge on any atom is -0.0931 e. The third-order valence-corrected chi connectivity index (χ3v) is 18.6. The van der Waals surface area contributed by atoms with Crippen LogP contribution >= 0.6 is 11.6 Å². The Morgan fingerprint density at radius 1 is 0.298 bits per heavy atom. The first-order chi connectivity index (χ1) is 27.7. The highest BCUT2D eigenvalue weighted by Gasteiger charge is 2.43. The summed E-state index contributed by atoms with van der Waals surface area (Å²) in [4.78, 5) is 0. The van der Waals surface area contributed by atoms with Gasteiger partial charge in [-0.25, -0.2) is 0 Å². The van der Waals surface area contributed by atoms with Crippen LogP contribution < -0.4 is 0 Å². The van der Waals surface area contributed by atoms with E-state index >= 15 is 0 Å². The van der Waals surface area contributed by atoms with Gasteiger partial charge in [0, 0.05) is 42.5 Å². The van der Waals surface area contributed by atoms with Gasteiger partial charge in [0.15, 0.2) is 0 Å². The molecule has 2 heterocycles. The summed E-state index contributed by atoms with van der Waals surface area (Å²) in [5.41, 5.74) is 12.2. The highest BCUT2D eigenvalue weighted by Crippen LogP contribution is 2.50. The minimum atomic E-state index is -2.35. The van der Waals surface area contributed by atoms with Crippen molar-refractivity contribution in [1.82, 2.24) is 0 Å². The number of rotatable bonds is 4. The molecule has 0 atom stereocenters. The van der Waals surface area contributed by atoms with E-state index in [0.29, 0.717) is 0 Å². The normalized spacial score (nSPS) is 15.4. The van der Waals surface area contributed by atoms with Gasteiger partial charge >= 0.3 is 0 Å². The van der Waals surface area contributed by atoms with Gasteiger partial charge < -0.3 is 0 Å². The van der Waals surface area contributed by atoms with Crippen LogP contribution in [0.5, 0.6) is 0 Å². The monoisotopic (exact) mass is 780 g/mol. The average molecular weight is 782 g/mol. The SMILES string of the molecule is C[Si]1(C)C(Cl)=C(c2ccccc2)C(c2ccccc2)=C1C#Cc1ccc(C#CC2=C(c3ccccc3)C(c3ccccc3)=C(C#Cc3ccccc3)[Si]2(C)C)cc1. The van der Waals surface area contributed by atoms with E-state index in [4.69, 9.17) is 11.6 Å². The van der Waals surface area contributed by atoms with E-state index in [1.807, 2.05) is 24.3 Å². The Hall–Kier alpha value is -6.32. The predicted octanol–water partition coefficient (Wildman–Crippen LogP) is 13.1. The van der Waals surface area contributed by atoms with Crippen molar-refractivity contribution < 1.29 is 0 Å². The van der Waals surface area contributed by atoms with Crippen molar-refractivity contribution in [1.29, 1.82) is 0 Å². The number of hydrogen-bond donors (Lipinski definition) is 0. The number of hydrogen-bond acceptors (Lipinski definition) is 0. The van der Waals surface area contributed by atoms with Crippen molar-refractivity contribution in [3.05, 3.63) is 235 Å². The summed E-state index contributed by atoms with van der Waals surface area (Å²) in [6.07, 6.45) is 0. The van der Waals surface area contributed by atoms with Gasteiger partial charge in [-0.3, -0.25) is 0 Å². The fraction of sp³-hybridized carbons (Fsp3) is 0.0741. The maximum atomic E-state index is 7.31. The molecule has 0 fully saturated rings. The Balaban J connectivity index is 1.19. The third-order valence-electron chi connectivity index (χ3n) is 10.8. The van der Waals surface area contributed by atoms with Crippen LogP contribution in [0.25, 0.3) is 22.3 Å². The van der Waals surface area contributed by atoms with Gasteiger partial charge in [0.25, 0.3) is 0 Å². The van der Waals surface area contributed by atoms with Crippen molar-refractivity contribution in [2.75, 3.05) is 0 Å². The van der Waals surface area contributed by atoms with E-state index in [0.717, 1.165) is 54.4 Å². The van der Waals surface area contributed by atoms with Crippen LogP contribution in [0.1, 0.15) is 38.9 Å². The van der Waals surface area contributed by atoms with Gasteiger partial charge in [0.1, 0.15) is 16.1 Å². The van der Waals surface area contributed by atoms with Crippen LogP contribution in [-0.4, -0.2) is 16.1 Å². The molecule has 0 saturated heterocycles. The zero-order valence-corrected chi connectivity index (χ0v) is 35.4. The summed E-state index contributed by atoms with van der Waals surface area (Å²) >= 11 is 7.31. The summed E-state index contributed by atoms with van der Waals surface area (Å²) in [6, 6.07) is 61.0. The molecule has 2 aliphatic heterocycles. The first-order valence-electron chi connectivity index (χ1n) is 19.3. The molecule has 272 valence electrons. The fourth-order valence-corrected chi connectivity index (χ4v) is 13.4. The Morgan fingerprint density at radius 3 is 0.912 bits per heavy atom. The summed E-state index contributed by atoms with van der Waals surface area (Å²) in [7, 11) is -4.60. The first kappa shape index (κ1) is 37.6. The van der Waals surface area contributed by atoms with Gasteiger partial charge in [-0.05, 0) is 75.4 Å². The molecule has 57 heavy (non-hydrogen) atoms. The van der Waals surface area contributed by atoms with Crippen LogP contribution in [0.4, 0.5) is 0 Å². The Bertz CT molecular complexity index is 2790. The molecule has 0 saturated carbocycles. The van der Waals surface area contributed by atoms with Gasteiger partial charge in [0.05, 0.1) is 0 Å². The standard InChI is InChI=1S/C54H41ClSi2/c1-56(2)47(37-34-40-20-10-5-11-21-40)50(43-22-12-6-13-23-43)51(44-24-14-7-15-25-44)48(56)38-35-41-30-32-42(33-31-41)36-39-49-52(45-26-16-8-17-27-45)53(54(55)57(49,3)4)46-28-18-9-19-29-46/h5-33H,1-4H3. The van der Waals surface area contributed by atoms with E-state index in [9.17, 15) is 0 Å². The lowest BCUT2D eigenvalue weighted by atomic mass is 9.91. The van der Waals surface area contributed by atoms with Crippen molar-refractivity contribution >= 4 is 50.0 Å². The Kier molecular flexibility index (Phi) is 10.6. The molecular weight excluding hydrogens is 740 g/mol. The summed E-state index contributed by atoms with van der Waals surface area (Å²) in [6.45, 7) is 9.39. The molecule has 0 N–H and O–H groups in total. The lowest BCUT2D eigenvalue weighted by Gasteiger charge is -2.18. The van der Waals surface area contributed by atoms with E-state index in [1.165, 1.54) is 27.1 Å². The number of allylic oxidation sites excluding steroid dienone is 7. The van der Waals surface area contributed by atoms with Crippen molar-refractivity contribution in [2.24, 2.45) is 0 Å². The molecule has 2 aliphatic rings. The lowest BCUT2D eigenvalue weighted by molar-refractivity contribution is 1.58. The maximum absolute atomic E-state index is 7.31. The van der Waals surface area contributed by atoms with Gasteiger partial charge in [0.2, 0.25) is 0 Å². The van der Waals surface area contributed by atoms with E-state index in [1.54, 1.807) is 0 Å². The second-order valence-electron chi connectivity index (χ2n) is 15.3. The van der Waals surface area contributed by atoms with Crippen molar-refractivity contribution in [3.8, 4) is 35.5 Å². The van der Waals surface area contributed by atoms with Crippen molar-refractivity contribution in [2.45, 2.75) is 26.2 Å². The van der Waals surface area contributed by atoms with Crippen LogP contribution in [0.15, 0.2) is 196 Å². The summed E-state index contributed by atoms with van der Waals surface area (Å²) < 4.78 is 0.948. The number of benzene rings is 6. The summed E-state index contributed by atoms with van der Waals surface area (Å²) in [5, 5.41) is 3.56. The molecule has 8 rings (SSSR count). The molecule has 6 aromatic rings. The molecule has 0 nitrogen and oxygen atoms in total. The van der Waals surface area contributed by atoms with Crippen LogP contribution in [0, 0.1) is 35.5 Å². The molecule has 6 aromatic carbocycles. The molecule has 0 amide bonds. The number of halogens is 1. The topological polar surface area (TPSA) is 0 Å². The first-order valence-corrected chi connectivity index (χ1v) is 25.7. The van der Waals surface area contributed by atoms with Gasteiger partial charge in [-0.15, -0.1) is 0 Å². The zero-order valence-electron chi connectivity index (χ0n) is 32.6. The quantitative estimate of drug-likeness (QED) is 0.123. The second kappa shape index (κ2) is 16.0.